The van der Waals surface area contributed by atoms with Crippen molar-refractivity contribution in [1.82, 2.24) is 19.7 Å². The molecule has 0 atom stereocenters. The highest BCUT2D eigenvalue weighted by Crippen LogP contribution is 2.36. The number of aromatic nitrogens is 3. The molecule has 2 aromatic heterocycles. The zero-order valence-electron chi connectivity index (χ0n) is 16.5. The lowest BCUT2D eigenvalue weighted by atomic mass is 10.2. The van der Waals surface area contributed by atoms with Gasteiger partial charge >= 0.3 is 5.69 Å². The molecule has 8 heteroatoms. The van der Waals surface area contributed by atoms with E-state index in [0.29, 0.717) is 23.7 Å². The third-order valence-electron chi connectivity index (χ3n) is 4.62. The first-order valence-corrected chi connectivity index (χ1v) is 9.81. The van der Waals surface area contributed by atoms with Gasteiger partial charge in [0.25, 0.3) is 5.91 Å². The molecule has 2 heterocycles. The Labute approximate surface area is 168 Å². The van der Waals surface area contributed by atoms with Gasteiger partial charge in [0.1, 0.15) is 5.75 Å². The Kier molecular flexibility index (Phi) is 5.24. The molecule has 0 radical (unpaired) electrons. The largest absolute Gasteiger partial charge is 0.491 e. The molecule has 1 aliphatic rings. The first kappa shape index (κ1) is 19.0. The first-order valence-electron chi connectivity index (χ1n) is 9.81. The predicted molar refractivity (Wildman–Crippen MR) is 107 cm³/mol. The van der Waals surface area contributed by atoms with Crippen LogP contribution in [-0.4, -0.2) is 32.9 Å². The second kappa shape index (κ2) is 7.98. The van der Waals surface area contributed by atoms with Crippen molar-refractivity contribution in [2.75, 3.05) is 6.54 Å². The molecule has 3 aromatic rings. The van der Waals surface area contributed by atoms with Crippen LogP contribution in [-0.2, 0) is 6.54 Å². The normalized spacial score (nSPS) is 13.6. The summed E-state index contributed by atoms with van der Waals surface area (Å²) < 4.78 is 14.1. The number of furan rings is 1. The summed E-state index contributed by atoms with van der Waals surface area (Å²) in [5.41, 5.74) is 0.358. The highest BCUT2D eigenvalue weighted by molar-refractivity contribution is 5.94. The number of amides is 1. The van der Waals surface area contributed by atoms with E-state index in [-0.39, 0.29) is 30.3 Å². The monoisotopic (exact) mass is 396 g/mol. The number of nitrogens with one attached hydrogen (secondary N) is 1. The topological polar surface area (TPSA) is 91.3 Å². The molecule has 0 bridgehead atoms. The van der Waals surface area contributed by atoms with Crippen LogP contribution in [0.1, 0.15) is 43.1 Å². The maximum absolute atomic E-state index is 12.7. The number of carbonyl (C=O) groups is 1. The number of hydrogen-bond donors (Lipinski definition) is 1. The predicted octanol–water partition coefficient (Wildman–Crippen LogP) is 2.86. The van der Waals surface area contributed by atoms with Crippen LogP contribution < -0.4 is 15.7 Å². The average molecular weight is 396 g/mol. The smallest absolute Gasteiger partial charge is 0.346 e. The van der Waals surface area contributed by atoms with Gasteiger partial charge in [0.2, 0.25) is 5.82 Å². The van der Waals surface area contributed by atoms with Crippen molar-refractivity contribution in [2.45, 2.75) is 45.4 Å². The molecule has 29 heavy (non-hydrogen) atoms. The number of ether oxygens (including phenoxy) is 1. The minimum Gasteiger partial charge on any atom is -0.491 e. The molecular formula is C21H24N4O4. The van der Waals surface area contributed by atoms with Crippen LogP contribution in [0.15, 0.2) is 51.9 Å². The van der Waals surface area contributed by atoms with E-state index in [0.717, 1.165) is 18.6 Å². The molecule has 1 aromatic carbocycles. The molecule has 4 rings (SSSR count). The number of rotatable bonds is 8. The Morgan fingerprint density at radius 1 is 1.28 bits per heavy atom. The number of carbonyl (C=O) groups excluding carboxylic acids is 1. The second-order valence-corrected chi connectivity index (χ2v) is 7.35. The molecule has 1 N–H and O–H groups in total. The fraction of sp³-hybridized carbons (Fsp3) is 0.381. The van der Waals surface area contributed by atoms with Gasteiger partial charge in [0.05, 0.1) is 18.9 Å². The lowest BCUT2D eigenvalue weighted by Gasteiger charge is -2.10. The van der Waals surface area contributed by atoms with Gasteiger partial charge in [-0.3, -0.25) is 9.36 Å². The van der Waals surface area contributed by atoms with Gasteiger partial charge in [-0.05, 0) is 63.1 Å². The molecule has 0 saturated heterocycles. The summed E-state index contributed by atoms with van der Waals surface area (Å²) in [6.45, 7) is 4.48. The van der Waals surface area contributed by atoms with Crippen LogP contribution in [0.3, 0.4) is 0 Å². The Balaban J connectivity index is 1.40. The highest BCUT2D eigenvalue weighted by atomic mass is 16.5. The van der Waals surface area contributed by atoms with Gasteiger partial charge in [-0.15, -0.1) is 5.10 Å². The van der Waals surface area contributed by atoms with Crippen molar-refractivity contribution in [1.29, 1.82) is 0 Å². The minimum absolute atomic E-state index is 0.0782. The third-order valence-corrected chi connectivity index (χ3v) is 4.62. The van der Waals surface area contributed by atoms with E-state index in [2.05, 4.69) is 10.4 Å². The second-order valence-electron chi connectivity index (χ2n) is 7.35. The lowest BCUT2D eigenvalue weighted by molar-refractivity contribution is 0.0951. The molecule has 1 fully saturated rings. The van der Waals surface area contributed by atoms with Gasteiger partial charge in [0, 0.05) is 18.2 Å². The van der Waals surface area contributed by atoms with Crippen molar-refractivity contribution < 1.29 is 13.9 Å². The molecule has 1 amide bonds. The summed E-state index contributed by atoms with van der Waals surface area (Å²) in [4.78, 5) is 25.1. The standard InChI is InChI=1S/C21H24N4O4/c1-14(2)29-17-9-5-15(6-10-17)20(26)22-11-12-24-21(27)25(16-7-8-16)19(23-24)18-4-3-13-28-18/h3-6,9-10,13-14,16H,7-8,11-12H2,1-2H3,(H,22,26). The SMILES string of the molecule is CC(C)Oc1ccc(C(=O)NCCn2nc(-c3ccco3)n(C3CC3)c2=O)cc1. The van der Waals surface area contributed by atoms with Crippen molar-refractivity contribution in [3.05, 3.63) is 58.7 Å². The Morgan fingerprint density at radius 3 is 2.66 bits per heavy atom. The van der Waals surface area contributed by atoms with Crippen molar-refractivity contribution >= 4 is 5.91 Å². The van der Waals surface area contributed by atoms with Gasteiger partial charge < -0.3 is 14.5 Å². The molecule has 0 aliphatic heterocycles. The summed E-state index contributed by atoms with van der Waals surface area (Å²) in [6, 6.07) is 10.7. The van der Waals surface area contributed by atoms with Gasteiger partial charge in [0.15, 0.2) is 5.76 Å². The van der Waals surface area contributed by atoms with E-state index in [4.69, 9.17) is 9.15 Å². The zero-order chi connectivity index (χ0) is 20.4. The minimum atomic E-state index is -0.206. The molecule has 0 unspecified atom stereocenters. The highest BCUT2D eigenvalue weighted by Gasteiger charge is 2.31. The summed E-state index contributed by atoms with van der Waals surface area (Å²) in [6.07, 6.45) is 3.57. The van der Waals surface area contributed by atoms with Crippen molar-refractivity contribution in [3.63, 3.8) is 0 Å². The van der Waals surface area contributed by atoms with Crippen molar-refractivity contribution in [2.24, 2.45) is 0 Å². The molecule has 8 nitrogen and oxygen atoms in total. The van der Waals surface area contributed by atoms with Crippen LogP contribution in [0.4, 0.5) is 0 Å². The van der Waals surface area contributed by atoms with E-state index >= 15 is 0 Å². The van der Waals surface area contributed by atoms with E-state index in [1.54, 1.807) is 47.2 Å². The summed E-state index contributed by atoms with van der Waals surface area (Å²) in [5.74, 6) is 1.62. The van der Waals surface area contributed by atoms with Crippen LogP contribution in [0.5, 0.6) is 5.75 Å². The quantitative estimate of drug-likeness (QED) is 0.632. The van der Waals surface area contributed by atoms with Gasteiger partial charge in [-0.25, -0.2) is 9.48 Å². The molecular weight excluding hydrogens is 372 g/mol. The Morgan fingerprint density at radius 2 is 2.03 bits per heavy atom. The molecule has 1 aliphatic carbocycles. The Hall–Kier alpha value is -3.29. The number of nitrogens with zero attached hydrogens (tertiary/aromatic N) is 3. The van der Waals surface area contributed by atoms with Crippen molar-refractivity contribution in [3.8, 4) is 17.3 Å². The van der Waals surface area contributed by atoms with E-state index < -0.39 is 0 Å². The maximum Gasteiger partial charge on any atom is 0.346 e. The van der Waals surface area contributed by atoms with Crippen LogP contribution in [0.25, 0.3) is 11.6 Å². The average Bonchev–Trinajstić information content (AvgIpc) is 3.27. The summed E-state index contributed by atoms with van der Waals surface area (Å²) >= 11 is 0. The summed E-state index contributed by atoms with van der Waals surface area (Å²) in [7, 11) is 0. The maximum atomic E-state index is 12.7. The van der Waals surface area contributed by atoms with Crippen LogP contribution in [0, 0.1) is 0 Å². The first-order chi connectivity index (χ1) is 14.0. The molecule has 152 valence electrons. The van der Waals surface area contributed by atoms with E-state index in [1.165, 1.54) is 4.68 Å². The van der Waals surface area contributed by atoms with Crippen LogP contribution >= 0.6 is 0 Å². The van der Waals surface area contributed by atoms with E-state index in [1.807, 2.05) is 13.8 Å². The summed E-state index contributed by atoms with van der Waals surface area (Å²) in [5, 5.41) is 7.26. The van der Waals surface area contributed by atoms with E-state index in [9.17, 15) is 9.59 Å². The fourth-order valence-corrected chi connectivity index (χ4v) is 3.14. The fourth-order valence-electron chi connectivity index (χ4n) is 3.14. The van der Waals surface area contributed by atoms with Gasteiger partial charge in [-0.2, -0.15) is 0 Å². The third kappa shape index (κ3) is 4.26. The van der Waals surface area contributed by atoms with Gasteiger partial charge in [-0.1, -0.05) is 0 Å². The zero-order valence-corrected chi connectivity index (χ0v) is 16.5. The molecule has 1 saturated carbocycles. The Bertz CT molecular complexity index is 1030. The number of hydrogen-bond acceptors (Lipinski definition) is 5. The number of benzene rings is 1. The lowest BCUT2D eigenvalue weighted by Crippen LogP contribution is -2.32. The molecule has 0 spiro atoms. The van der Waals surface area contributed by atoms with Crippen LogP contribution in [0.2, 0.25) is 0 Å².